The molecule has 1 unspecified atom stereocenters. The molecular weight excluding hydrogens is 238 g/mol. The molecule has 0 saturated heterocycles. The van der Waals surface area contributed by atoms with Crippen molar-refractivity contribution in [3.05, 3.63) is 29.8 Å². The largest absolute Gasteiger partial charge is 0.496 e. The van der Waals surface area contributed by atoms with Crippen LogP contribution in [0, 0.1) is 0 Å². The van der Waals surface area contributed by atoms with E-state index in [1.54, 1.807) is 7.11 Å². The lowest BCUT2D eigenvalue weighted by molar-refractivity contribution is -0.00439. The van der Waals surface area contributed by atoms with Crippen LogP contribution in [0.2, 0.25) is 0 Å². The second-order valence-electron chi connectivity index (χ2n) is 5.36. The van der Waals surface area contributed by atoms with Gasteiger partial charge >= 0.3 is 0 Å². The Morgan fingerprint density at radius 2 is 1.79 bits per heavy atom. The number of aliphatic hydroxyl groups excluding tert-OH is 1. The van der Waals surface area contributed by atoms with Crippen molar-refractivity contribution >= 4 is 0 Å². The first kappa shape index (κ1) is 16.0. The molecular formula is C16H27NO2. The number of hydrogen-bond acceptors (Lipinski definition) is 3. The lowest BCUT2D eigenvalue weighted by Gasteiger charge is -2.41. The zero-order valence-corrected chi connectivity index (χ0v) is 12.8. The summed E-state index contributed by atoms with van der Waals surface area (Å²) in [6.45, 7) is 10.3. The van der Waals surface area contributed by atoms with Crippen LogP contribution < -0.4 is 4.74 Å². The van der Waals surface area contributed by atoms with Crippen LogP contribution in [-0.2, 0) is 6.42 Å². The molecule has 0 aromatic heterocycles. The van der Waals surface area contributed by atoms with Crippen LogP contribution in [0.1, 0.15) is 33.3 Å². The monoisotopic (exact) mass is 265 g/mol. The van der Waals surface area contributed by atoms with E-state index in [9.17, 15) is 5.11 Å². The predicted molar refractivity (Wildman–Crippen MR) is 79.7 cm³/mol. The molecule has 19 heavy (non-hydrogen) atoms. The lowest BCUT2D eigenvalue weighted by Crippen LogP contribution is -2.53. The number of aliphatic hydroxyl groups is 1. The third-order valence-corrected chi connectivity index (χ3v) is 4.00. The minimum absolute atomic E-state index is 0.246. The van der Waals surface area contributed by atoms with Crippen LogP contribution in [0.4, 0.5) is 0 Å². The Balaban J connectivity index is 2.86. The molecule has 1 aromatic carbocycles. The summed E-state index contributed by atoms with van der Waals surface area (Å²) in [4.78, 5) is 2.28. The third-order valence-electron chi connectivity index (χ3n) is 4.00. The molecule has 1 rings (SSSR count). The summed E-state index contributed by atoms with van der Waals surface area (Å²) in [5, 5.41) is 10.6. The van der Waals surface area contributed by atoms with Gasteiger partial charge in [0.2, 0.25) is 0 Å². The first-order valence-electron chi connectivity index (χ1n) is 7.02. The van der Waals surface area contributed by atoms with Crippen molar-refractivity contribution in [3.63, 3.8) is 0 Å². The van der Waals surface area contributed by atoms with E-state index in [2.05, 4.69) is 32.6 Å². The summed E-state index contributed by atoms with van der Waals surface area (Å²) >= 11 is 0. The molecule has 1 N–H and O–H groups in total. The highest BCUT2D eigenvalue weighted by Gasteiger charge is 2.33. The van der Waals surface area contributed by atoms with Gasteiger partial charge in [-0.2, -0.15) is 0 Å². The Labute approximate surface area is 117 Å². The van der Waals surface area contributed by atoms with Crippen LogP contribution in [0.3, 0.4) is 0 Å². The van der Waals surface area contributed by atoms with Crippen molar-refractivity contribution in [1.29, 1.82) is 0 Å². The highest BCUT2D eigenvalue weighted by molar-refractivity contribution is 5.34. The molecule has 0 aliphatic heterocycles. The van der Waals surface area contributed by atoms with Gasteiger partial charge in [0.05, 0.1) is 13.2 Å². The Bertz CT molecular complexity index is 386. The maximum absolute atomic E-state index is 10.6. The maximum atomic E-state index is 10.6. The van der Waals surface area contributed by atoms with Crippen molar-refractivity contribution in [2.24, 2.45) is 0 Å². The van der Waals surface area contributed by atoms with E-state index in [1.165, 1.54) is 0 Å². The van der Waals surface area contributed by atoms with Gasteiger partial charge in [0.25, 0.3) is 0 Å². The van der Waals surface area contributed by atoms with Crippen molar-refractivity contribution in [2.45, 2.75) is 45.8 Å². The van der Waals surface area contributed by atoms with Gasteiger partial charge in [-0.25, -0.2) is 0 Å². The van der Waals surface area contributed by atoms with Gasteiger partial charge < -0.3 is 9.84 Å². The highest BCUT2D eigenvalue weighted by atomic mass is 16.5. The average Bonchev–Trinajstić information content (AvgIpc) is 2.40. The first-order valence-corrected chi connectivity index (χ1v) is 7.02. The van der Waals surface area contributed by atoms with Crippen LogP contribution in [0.25, 0.3) is 0 Å². The zero-order valence-electron chi connectivity index (χ0n) is 12.8. The number of benzene rings is 1. The van der Waals surface area contributed by atoms with E-state index >= 15 is 0 Å². The number of hydrogen-bond donors (Lipinski definition) is 1. The Kier molecular flexibility index (Phi) is 5.83. The van der Waals surface area contributed by atoms with Crippen LogP contribution in [-0.4, -0.2) is 41.8 Å². The minimum Gasteiger partial charge on any atom is -0.496 e. The number of likely N-dealkylation sites (N-methyl/N-ethyl adjacent to an activating group) is 1. The molecule has 1 atom stereocenters. The molecule has 0 heterocycles. The van der Waals surface area contributed by atoms with Gasteiger partial charge in [0.15, 0.2) is 0 Å². The number of nitrogens with zero attached hydrogens (tertiary/aromatic N) is 1. The van der Waals surface area contributed by atoms with Crippen LogP contribution >= 0.6 is 0 Å². The molecule has 3 heteroatoms. The zero-order chi connectivity index (χ0) is 14.5. The van der Waals surface area contributed by atoms with Crippen molar-refractivity contribution in [1.82, 2.24) is 4.90 Å². The van der Waals surface area contributed by atoms with Crippen molar-refractivity contribution in [2.75, 3.05) is 20.2 Å². The van der Waals surface area contributed by atoms with Gasteiger partial charge in [-0.15, -0.1) is 0 Å². The fourth-order valence-electron chi connectivity index (χ4n) is 2.58. The fourth-order valence-corrected chi connectivity index (χ4v) is 2.58. The van der Waals surface area contributed by atoms with Gasteiger partial charge in [-0.3, -0.25) is 4.90 Å². The van der Waals surface area contributed by atoms with Gasteiger partial charge in [-0.05, 0) is 38.6 Å². The van der Waals surface area contributed by atoms with E-state index in [0.717, 1.165) is 24.4 Å². The SMILES string of the molecule is CCN(CC)C(C)(C)C(O)Cc1ccccc1OC. The summed E-state index contributed by atoms with van der Waals surface area (Å²) in [7, 11) is 1.67. The predicted octanol–water partition coefficient (Wildman–Crippen LogP) is 2.72. The summed E-state index contributed by atoms with van der Waals surface area (Å²) in [5.74, 6) is 0.844. The minimum atomic E-state index is -0.427. The fraction of sp³-hybridized carbons (Fsp3) is 0.625. The Morgan fingerprint density at radius 1 is 1.21 bits per heavy atom. The van der Waals surface area contributed by atoms with Crippen molar-refractivity contribution < 1.29 is 9.84 Å². The molecule has 1 aromatic rings. The topological polar surface area (TPSA) is 32.7 Å². The summed E-state index contributed by atoms with van der Waals surface area (Å²) in [6.07, 6.45) is 0.178. The second-order valence-corrected chi connectivity index (χ2v) is 5.36. The third kappa shape index (κ3) is 3.71. The van der Waals surface area contributed by atoms with Gasteiger partial charge in [0.1, 0.15) is 5.75 Å². The molecule has 0 radical (unpaired) electrons. The maximum Gasteiger partial charge on any atom is 0.122 e. The molecule has 0 bridgehead atoms. The molecule has 0 saturated carbocycles. The number of methoxy groups -OCH3 is 1. The normalized spacial score (nSPS) is 13.6. The van der Waals surface area contributed by atoms with E-state index in [1.807, 2.05) is 24.3 Å². The molecule has 0 spiro atoms. The average molecular weight is 265 g/mol. The standard InChI is InChI=1S/C16H27NO2/c1-6-17(7-2)16(3,4)15(18)12-13-10-8-9-11-14(13)19-5/h8-11,15,18H,6-7,12H2,1-5H3. The molecule has 0 aliphatic rings. The second kappa shape index (κ2) is 6.92. The Hall–Kier alpha value is -1.06. The highest BCUT2D eigenvalue weighted by Crippen LogP contribution is 2.25. The number of para-hydroxylation sites is 1. The van der Waals surface area contributed by atoms with Gasteiger partial charge in [0, 0.05) is 12.0 Å². The molecule has 108 valence electrons. The Morgan fingerprint density at radius 3 is 2.32 bits per heavy atom. The summed E-state index contributed by atoms with van der Waals surface area (Å²) in [5.41, 5.74) is 0.808. The van der Waals surface area contributed by atoms with Crippen LogP contribution in [0.15, 0.2) is 24.3 Å². The summed E-state index contributed by atoms with van der Waals surface area (Å²) < 4.78 is 5.35. The summed E-state index contributed by atoms with van der Waals surface area (Å²) in [6, 6.07) is 7.88. The molecule has 0 aliphatic carbocycles. The van der Waals surface area contributed by atoms with E-state index in [-0.39, 0.29) is 5.54 Å². The van der Waals surface area contributed by atoms with E-state index < -0.39 is 6.10 Å². The number of rotatable bonds is 7. The molecule has 0 amide bonds. The van der Waals surface area contributed by atoms with Crippen molar-refractivity contribution in [3.8, 4) is 5.75 Å². The molecule has 0 fully saturated rings. The molecule has 3 nitrogen and oxygen atoms in total. The number of ether oxygens (including phenoxy) is 1. The quantitative estimate of drug-likeness (QED) is 0.823. The lowest BCUT2D eigenvalue weighted by atomic mass is 9.89. The van der Waals surface area contributed by atoms with E-state index in [4.69, 9.17) is 4.74 Å². The van der Waals surface area contributed by atoms with Crippen LogP contribution in [0.5, 0.6) is 5.75 Å². The smallest absolute Gasteiger partial charge is 0.122 e. The van der Waals surface area contributed by atoms with Gasteiger partial charge in [-0.1, -0.05) is 32.0 Å². The van der Waals surface area contributed by atoms with E-state index in [0.29, 0.717) is 6.42 Å². The first-order chi connectivity index (χ1) is 8.97.